The number of pyridine rings is 1. The van der Waals surface area contributed by atoms with Crippen LogP contribution in [-0.2, 0) is 17.8 Å². The van der Waals surface area contributed by atoms with Crippen LogP contribution in [0.1, 0.15) is 23.9 Å². The summed E-state index contributed by atoms with van der Waals surface area (Å²) >= 11 is 1.66. The van der Waals surface area contributed by atoms with Gasteiger partial charge in [0.25, 0.3) is 0 Å². The zero-order valence-corrected chi connectivity index (χ0v) is 12.6. The first-order valence-corrected chi connectivity index (χ1v) is 7.86. The maximum absolute atomic E-state index is 11.3. The van der Waals surface area contributed by atoms with Crippen molar-refractivity contribution in [2.24, 2.45) is 0 Å². The predicted octanol–water partition coefficient (Wildman–Crippen LogP) is 2.43. The highest BCUT2D eigenvalue weighted by Crippen LogP contribution is 2.32. The Morgan fingerprint density at radius 1 is 1.48 bits per heavy atom. The molecule has 6 heteroatoms. The van der Waals surface area contributed by atoms with Crippen molar-refractivity contribution in [3.8, 4) is 10.6 Å². The molecule has 0 aromatic carbocycles. The minimum Gasteiger partial charge on any atom is -0.480 e. The second-order valence-electron chi connectivity index (χ2n) is 5.11. The second kappa shape index (κ2) is 5.91. The molecule has 3 heterocycles. The number of hydrogen-bond acceptors (Lipinski definition) is 5. The molecule has 1 unspecified atom stereocenters. The summed E-state index contributed by atoms with van der Waals surface area (Å²) in [4.78, 5) is 23.3. The first-order chi connectivity index (χ1) is 10.2. The Hall–Kier alpha value is -1.79. The number of carboxylic acids is 1. The average molecular weight is 303 g/mol. The molecule has 0 radical (unpaired) electrons. The van der Waals surface area contributed by atoms with Crippen LogP contribution >= 0.6 is 11.3 Å². The molecule has 21 heavy (non-hydrogen) atoms. The molecule has 3 rings (SSSR count). The minimum absolute atomic E-state index is 0.398. The molecule has 5 nitrogen and oxygen atoms in total. The summed E-state index contributed by atoms with van der Waals surface area (Å²) in [6, 6.07) is 3.51. The van der Waals surface area contributed by atoms with Crippen molar-refractivity contribution in [2.75, 3.05) is 6.54 Å². The predicted molar refractivity (Wildman–Crippen MR) is 81.2 cm³/mol. The lowest BCUT2D eigenvalue weighted by Gasteiger charge is -2.30. The third kappa shape index (κ3) is 2.82. The topological polar surface area (TPSA) is 66.3 Å². The molecule has 0 aliphatic carbocycles. The van der Waals surface area contributed by atoms with Gasteiger partial charge in [-0.25, -0.2) is 4.98 Å². The smallest absolute Gasteiger partial charge is 0.320 e. The summed E-state index contributed by atoms with van der Waals surface area (Å²) in [5.74, 6) is -0.736. The van der Waals surface area contributed by atoms with Gasteiger partial charge in [0.05, 0.1) is 5.69 Å². The van der Waals surface area contributed by atoms with E-state index in [4.69, 9.17) is 4.98 Å². The van der Waals surface area contributed by atoms with Crippen LogP contribution in [0.25, 0.3) is 10.6 Å². The summed E-state index contributed by atoms with van der Waals surface area (Å²) in [5.41, 5.74) is 2.18. The van der Waals surface area contributed by atoms with Crippen molar-refractivity contribution in [1.29, 1.82) is 0 Å². The summed E-state index contributed by atoms with van der Waals surface area (Å²) in [5, 5.41) is 10.3. The van der Waals surface area contributed by atoms with E-state index in [1.807, 2.05) is 24.0 Å². The molecule has 0 amide bonds. The number of aromatic nitrogens is 2. The molecular weight excluding hydrogens is 286 g/mol. The zero-order chi connectivity index (χ0) is 14.8. The van der Waals surface area contributed by atoms with E-state index < -0.39 is 12.0 Å². The maximum atomic E-state index is 11.3. The normalized spacial score (nSPS) is 16.4. The molecule has 1 atom stereocenters. The van der Waals surface area contributed by atoms with Gasteiger partial charge in [0.1, 0.15) is 11.0 Å². The first kappa shape index (κ1) is 14.2. The third-order valence-electron chi connectivity index (χ3n) is 3.80. The molecule has 0 spiro atoms. The van der Waals surface area contributed by atoms with Gasteiger partial charge in [0.15, 0.2) is 0 Å². The molecule has 0 saturated heterocycles. The van der Waals surface area contributed by atoms with Gasteiger partial charge in [-0.1, -0.05) is 6.92 Å². The largest absolute Gasteiger partial charge is 0.480 e. The Balaban J connectivity index is 1.84. The molecule has 2 aromatic rings. The number of carboxylic acid groups (broad SMARTS) is 1. The van der Waals surface area contributed by atoms with Gasteiger partial charge in [0.2, 0.25) is 0 Å². The maximum Gasteiger partial charge on any atom is 0.320 e. The lowest BCUT2D eigenvalue weighted by Crippen LogP contribution is -2.43. The minimum atomic E-state index is -0.736. The molecule has 0 saturated carbocycles. The Labute approximate surface area is 127 Å². The monoisotopic (exact) mass is 303 g/mol. The van der Waals surface area contributed by atoms with Crippen molar-refractivity contribution in [1.82, 2.24) is 14.9 Å². The van der Waals surface area contributed by atoms with Crippen molar-refractivity contribution >= 4 is 17.3 Å². The number of rotatable bonds is 4. The van der Waals surface area contributed by atoms with Gasteiger partial charge >= 0.3 is 5.97 Å². The fourth-order valence-corrected chi connectivity index (χ4v) is 3.83. The number of fused-ring (bicyclic) bond motifs is 1. The van der Waals surface area contributed by atoms with E-state index in [1.54, 1.807) is 23.7 Å². The van der Waals surface area contributed by atoms with Crippen LogP contribution in [-0.4, -0.2) is 38.5 Å². The second-order valence-corrected chi connectivity index (χ2v) is 6.19. The van der Waals surface area contributed by atoms with Gasteiger partial charge in [-0.05, 0) is 18.6 Å². The molecule has 0 fully saturated rings. The number of aliphatic carboxylic acids is 1. The van der Waals surface area contributed by atoms with E-state index in [1.165, 1.54) is 4.88 Å². The number of hydrogen-bond donors (Lipinski definition) is 1. The van der Waals surface area contributed by atoms with Gasteiger partial charge in [0, 0.05) is 42.3 Å². The van der Waals surface area contributed by atoms with Crippen LogP contribution < -0.4 is 0 Å². The highest BCUT2D eigenvalue weighted by Gasteiger charge is 2.29. The van der Waals surface area contributed by atoms with Crippen LogP contribution in [0.3, 0.4) is 0 Å². The molecule has 1 aliphatic rings. The summed E-state index contributed by atoms with van der Waals surface area (Å²) in [6.45, 7) is 3.36. The molecular formula is C15H17N3O2S. The first-order valence-electron chi connectivity index (χ1n) is 7.05. The SMILES string of the molecule is CCC(C(=O)O)N1CCc2nc(-c3ccncc3)sc2C1. The van der Waals surface area contributed by atoms with Crippen LogP contribution in [0.15, 0.2) is 24.5 Å². The molecule has 0 bridgehead atoms. The van der Waals surface area contributed by atoms with Gasteiger partial charge in [-0.2, -0.15) is 0 Å². The van der Waals surface area contributed by atoms with Crippen LogP contribution in [0, 0.1) is 0 Å². The number of carbonyl (C=O) groups is 1. The number of thiazole rings is 1. The van der Waals surface area contributed by atoms with Crippen LogP contribution in [0.4, 0.5) is 0 Å². The lowest BCUT2D eigenvalue weighted by atomic mass is 10.1. The Morgan fingerprint density at radius 3 is 2.90 bits per heavy atom. The average Bonchev–Trinajstić information content (AvgIpc) is 2.92. The van der Waals surface area contributed by atoms with Crippen molar-refractivity contribution in [3.63, 3.8) is 0 Å². The van der Waals surface area contributed by atoms with E-state index >= 15 is 0 Å². The fraction of sp³-hybridized carbons (Fsp3) is 0.400. The standard InChI is InChI=1S/C15H17N3O2S/c1-2-12(15(19)20)18-8-5-11-13(9-18)21-14(17-11)10-3-6-16-7-4-10/h3-4,6-7,12H,2,5,8-9H2,1H3,(H,19,20). The summed E-state index contributed by atoms with van der Waals surface area (Å²) in [7, 11) is 0. The van der Waals surface area contributed by atoms with Crippen molar-refractivity contribution < 1.29 is 9.90 Å². The van der Waals surface area contributed by atoms with E-state index in [0.717, 1.165) is 29.2 Å². The summed E-state index contributed by atoms with van der Waals surface area (Å²) < 4.78 is 0. The van der Waals surface area contributed by atoms with E-state index in [9.17, 15) is 9.90 Å². The van der Waals surface area contributed by atoms with Crippen LogP contribution in [0.5, 0.6) is 0 Å². The molecule has 1 N–H and O–H groups in total. The Kier molecular flexibility index (Phi) is 3.98. The fourth-order valence-electron chi connectivity index (χ4n) is 2.69. The lowest BCUT2D eigenvalue weighted by molar-refractivity contribution is -0.143. The van der Waals surface area contributed by atoms with Gasteiger partial charge < -0.3 is 5.11 Å². The van der Waals surface area contributed by atoms with Gasteiger partial charge in [-0.15, -0.1) is 11.3 Å². The number of nitrogens with zero attached hydrogens (tertiary/aromatic N) is 3. The van der Waals surface area contributed by atoms with Gasteiger partial charge in [-0.3, -0.25) is 14.7 Å². The molecule has 110 valence electrons. The van der Waals surface area contributed by atoms with Crippen molar-refractivity contribution in [2.45, 2.75) is 32.4 Å². The highest BCUT2D eigenvalue weighted by molar-refractivity contribution is 7.15. The highest BCUT2D eigenvalue weighted by atomic mass is 32.1. The molecule has 1 aliphatic heterocycles. The molecule has 2 aromatic heterocycles. The van der Waals surface area contributed by atoms with Crippen LogP contribution in [0.2, 0.25) is 0 Å². The van der Waals surface area contributed by atoms with E-state index in [-0.39, 0.29) is 0 Å². The summed E-state index contributed by atoms with van der Waals surface area (Å²) in [6.07, 6.45) is 4.97. The van der Waals surface area contributed by atoms with E-state index in [2.05, 4.69) is 4.98 Å². The van der Waals surface area contributed by atoms with Crippen molar-refractivity contribution in [3.05, 3.63) is 35.1 Å². The third-order valence-corrected chi connectivity index (χ3v) is 4.93. The Morgan fingerprint density at radius 2 is 2.24 bits per heavy atom. The zero-order valence-electron chi connectivity index (χ0n) is 11.8. The quantitative estimate of drug-likeness (QED) is 0.939. The van der Waals surface area contributed by atoms with E-state index in [0.29, 0.717) is 13.0 Å². The Bertz CT molecular complexity index is 642.